The van der Waals surface area contributed by atoms with Crippen LogP contribution in [0.3, 0.4) is 0 Å². The van der Waals surface area contributed by atoms with Crippen LogP contribution in [0.1, 0.15) is 23.0 Å². The van der Waals surface area contributed by atoms with Gasteiger partial charge in [-0.2, -0.15) is 0 Å². The van der Waals surface area contributed by atoms with E-state index in [0.717, 1.165) is 0 Å². The lowest BCUT2D eigenvalue weighted by atomic mass is 10.1. The molecule has 0 spiro atoms. The number of hydrogen-bond acceptors (Lipinski definition) is 7. The minimum atomic E-state index is -0.641. The number of nitrogens with zero attached hydrogens (tertiary/aromatic N) is 3. The number of aliphatic hydroxyl groups is 1. The Morgan fingerprint density at radius 3 is 2.43 bits per heavy atom. The van der Waals surface area contributed by atoms with Crippen LogP contribution in [0.25, 0.3) is 16.6 Å². The van der Waals surface area contributed by atoms with Crippen LogP contribution < -0.4 is 25.1 Å². The van der Waals surface area contributed by atoms with Gasteiger partial charge in [0.05, 0.1) is 30.1 Å². The first-order chi connectivity index (χ1) is 20.2. The zero-order valence-electron chi connectivity index (χ0n) is 23.4. The molecule has 0 saturated heterocycles. The molecular weight excluding hydrogens is 543 g/mol. The number of carbonyl (C=O) groups excluding carboxylic acids is 1. The van der Waals surface area contributed by atoms with E-state index in [1.54, 1.807) is 74.2 Å². The van der Waals surface area contributed by atoms with Gasteiger partial charge in [-0.1, -0.05) is 0 Å². The number of hydrogen-bond donors (Lipinski definition) is 2. The lowest BCUT2D eigenvalue weighted by Gasteiger charge is -2.15. The molecule has 0 saturated carbocycles. The molecule has 0 aliphatic rings. The number of halogens is 1. The summed E-state index contributed by atoms with van der Waals surface area (Å²) < 4.78 is 33.5. The minimum Gasteiger partial charge on any atom is -0.493 e. The zero-order chi connectivity index (χ0) is 30.0. The van der Waals surface area contributed by atoms with Gasteiger partial charge in [0.2, 0.25) is 0 Å². The van der Waals surface area contributed by atoms with Gasteiger partial charge in [0.25, 0.3) is 11.5 Å². The highest BCUT2D eigenvalue weighted by atomic mass is 19.1. The van der Waals surface area contributed by atoms with Crippen LogP contribution in [0.2, 0.25) is 0 Å². The largest absolute Gasteiger partial charge is 0.493 e. The molecule has 0 fully saturated rings. The number of pyridine rings is 1. The van der Waals surface area contributed by atoms with Crippen molar-refractivity contribution < 1.29 is 28.5 Å². The fraction of sp³-hybridized carbons (Fsp3) is 0.194. The summed E-state index contributed by atoms with van der Waals surface area (Å²) in [6.45, 7) is 3.40. The molecule has 2 N–H and O–H groups in total. The number of aliphatic hydroxyl groups excluding tert-OH is 1. The van der Waals surface area contributed by atoms with E-state index in [2.05, 4.69) is 10.3 Å². The summed E-state index contributed by atoms with van der Waals surface area (Å²) in [6, 6.07) is 17.4. The molecule has 0 aliphatic carbocycles. The standard InChI is InChI=1S/C31H29FN4O6/c1-18(37)17-41-28-16-25-24(15-27(28)40-4)26(13-14-33-25)42-23-11-7-21(8-12-23)34-30(38)29-19(2)35(3)36(31(29)39)22-9-5-20(32)6-10-22/h5-16,18,37H,17H2,1-4H3,(H,34,38)/t18-/m1/s1. The molecule has 0 unspecified atom stereocenters. The molecule has 5 rings (SSSR count). The first-order valence-corrected chi connectivity index (χ1v) is 13.1. The smallest absolute Gasteiger partial charge is 0.284 e. The Hall–Kier alpha value is -5.16. The second-order valence-electron chi connectivity index (χ2n) is 9.65. The average molecular weight is 573 g/mol. The Bertz CT molecular complexity index is 1810. The number of ether oxygens (including phenoxy) is 3. The summed E-state index contributed by atoms with van der Waals surface area (Å²) in [5, 5.41) is 13.0. The lowest BCUT2D eigenvalue weighted by Crippen LogP contribution is -2.25. The second-order valence-corrected chi connectivity index (χ2v) is 9.65. The third-order valence-corrected chi connectivity index (χ3v) is 6.66. The number of methoxy groups -OCH3 is 1. The van der Waals surface area contributed by atoms with E-state index in [4.69, 9.17) is 14.2 Å². The molecule has 1 atom stereocenters. The van der Waals surface area contributed by atoms with Crippen LogP contribution >= 0.6 is 0 Å². The van der Waals surface area contributed by atoms with Gasteiger partial charge in [0.1, 0.15) is 29.5 Å². The highest BCUT2D eigenvalue weighted by Crippen LogP contribution is 2.37. The van der Waals surface area contributed by atoms with Crippen molar-refractivity contribution >= 4 is 22.5 Å². The van der Waals surface area contributed by atoms with E-state index in [1.165, 1.54) is 36.1 Å². The van der Waals surface area contributed by atoms with Crippen LogP contribution in [-0.2, 0) is 7.05 Å². The Labute approximate surface area is 240 Å². The maximum atomic E-state index is 13.4. The quantitative estimate of drug-likeness (QED) is 0.256. The SMILES string of the molecule is COc1cc2c(Oc3ccc(NC(=O)c4c(C)n(C)n(-c5ccc(F)cc5)c4=O)cc3)ccnc2cc1OC[C@@H](C)O. The third-order valence-electron chi connectivity index (χ3n) is 6.66. The fourth-order valence-electron chi connectivity index (χ4n) is 4.47. The summed E-state index contributed by atoms with van der Waals surface area (Å²) >= 11 is 0. The molecule has 0 aliphatic heterocycles. The van der Waals surface area contributed by atoms with Crippen molar-refractivity contribution in [3.05, 3.63) is 100 Å². The Morgan fingerprint density at radius 1 is 1.05 bits per heavy atom. The van der Waals surface area contributed by atoms with Crippen molar-refractivity contribution in [3.63, 3.8) is 0 Å². The Kier molecular flexibility index (Phi) is 7.94. The molecule has 3 aromatic carbocycles. The molecule has 2 heterocycles. The van der Waals surface area contributed by atoms with E-state index < -0.39 is 23.4 Å². The number of amides is 1. The molecule has 5 aromatic rings. The van der Waals surface area contributed by atoms with E-state index in [1.807, 2.05) is 0 Å². The van der Waals surface area contributed by atoms with E-state index in [0.29, 0.717) is 51.0 Å². The monoisotopic (exact) mass is 572 g/mol. The van der Waals surface area contributed by atoms with Gasteiger partial charge < -0.3 is 24.6 Å². The van der Waals surface area contributed by atoms with Crippen LogP contribution in [0, 0.1) is 12.7 Å². The fourth-order valence-corrected chi connectivity index (χ4v) is 4.47. The van der Waals surface area contributed by atoms with Gasteiger partial charge in [0, 0.05) is 30.4 Å². The first-order valence-electron chi connectivity index (χ1n) is 13.1. The van der Waals surface area contributed by atoms with E-state index in [-0.39, 0.29) is 12.2 Å². The summed E-state index contributed by atoms with van der Waals surface area (Å²) in [6.07, 6.45) is 0.968. The van der Waals surface area contributed by atoms with Gasteiger partial charge in [-0.3, -0.25) is 19.3 Å². The Morgan fingerprint density at radius 2 is 1.76 bits per heavy atom. The van der Waals surface area contributed by atoms with Gasteiger partial charge >= 0.3 is 0 Å². The average Bonchev–Trinajstić information content (AvgIpc) is 3.20. The Balaban J connectivity index is 1.35. The van der Waals surface area contributed by atoms with E-state index in [9.17, 15) is 19.1 Å². The molecule has 0 bridgehead atoms. The molecule has 216 valence electrons. The van der Waals surface area contributed by atoms with Crippen molar-refractivity contribution in [1.29, 1.82) is 0 Å². The summed E-state index contributed by atoms with van der Waals surface area (Å²) in [5.41, 5.74) is 1.44. The number of fused-ring (bicyclic) bond motifs is 1. The molecule has 1 amide bonds. The predicted molar refractivity (Wildman–Crippen MR) is 156 cm³/mol. The van der Waals surface area contributed by atoms with Crippen LogP contribution in [0.4, 0.5) is 10.1 Å². The highest BCUT2D eigenvalue weighted by molar-refractivity contribution is 6.05. The molecule has 0 radical (unpaired) electrons. The number of aromatic nitrogens is 3. The van der Waals surface area contributed by atoms with Gasteiger partial charge in [-0.15, -0.1) is 0 Å². The van der Waals surface area contributed by atoms with Crippen LogP contribution in [-0.4, -0.2) is 45.2 Å². The molecule has 11 heteroatoms. The van der Waals surface area contributed by atoms with E-state index >= 15 is 0 Å². The van der Waals surface area contributed by atoms with Crippen molar-refractivity contribution in [3.8, 4) is 28.7 Å². The van der Waals surface area contributed by atoms with Crippen molar-refractivity contribution in [2.45, 2.75) is 20.0 Å². The highest BCUT2D eigenvalue weighted by Gasteiger charge is 2.22. The van der Waals surface area contributed by atoms with Crippen LogP contribution in [0.5, 0.6) is 23.0 Å². The van der Waals surface area contributed by atoms with Gasteiger partial charge in [0.15, 0.2) is 11.5 Å². The second kappa shape index (κ2) is 11.8. The number of anilines is 1. The van der Waals surface area contributed by atoms with Crippen molar-refractivity contribution in [2.75, 3.05) is 19.0 Å². The van der Waals surface area contributed by atoms with Gasteiger partial charge in [-0.05, 0) is 74.5 Å². The molecule has 10 nitrogen and oxygen atoms in total. The number of carbonyl (C=O) groups is 1. The summed E-state index contributed by atoms with van der Waals surface area (Å²) in [4.78, 5) is 30.7. The predicted octanol–water partition coefficient (Wildman–Crippen LogP) is 4.98. The van der Waals surface area contributed by atoms with Gasteiger partial charge in [-0.25, -0.2) is 9.07 Å². The molecule has 42 heavy (non-hydrogen) atoms. The topological polar surface area (TPSA) is 117 Å². The first kappa shape index (κ1) is 28.4. The van der Waals surface area contributed by atoms with Crippen LogP contribution in [0.15, 0.2) is 77.7 Å². The normalized spacial score (nSPS) is 11.8. The minimum absolute atomic E-state index is 0.0175. The zero-order valence-corrected chi connectivity index (χ0v) is 23.4. The molecule has 2 aromatic heterocycles. The maximum Gasteiger partial charge on any atom is 0.284 e. The summed E-state index contributed by atoms with van der Waals surface area (Å²) in [5.74, 6) is 0.959. The number of benzene rings is 3. The summed E-state index contributed by atoms with van der Waals surface area (Å²) in [7, 11) is 3.18. The number of nitrogens with one attached hydrogen (secondary N) is 1. The third kappa shape index (κ3) is 5.68. The lowest BCUT2D eigenvalue weighted by molar-refractivity contribution is 0.102. The van der Waals surface area contributed by atoms with Crippen molar-refractivity contribution in [2.24, 2.45) is 7.05 Å². The van der Waals surface area contributed by atoms with Crippen molar-refractivity contribution in [1.82, 2.24) is 14.3 Å². The maximum absolute atomic E-state index is 13.4. The molecular formula is C31H29FN4O6. The number of rotatable bonds is 9.